The lowest BCUT2D eigenvalue weighted by Crippen LogP contribution is -2.59. The molecule has 15 heteroatoms. The molecule has 4 aromatic heterocycles. The minimum Gasteiger partial charge on any atom is -0.475 e. The number of alkyl halides is 1. The molecule has 5 aromatic rings. The summed E-state index contributed by atoms with van der Waals surface area (Å²) < 4.78 is 58.9. The minimum absolute atomic E-state index is 0.0291. The second-order valence-electron chi connectivity index (χ2n) is 13.8. The molecule has 2 saturated heterocycles. The van der Waals surface area contributed by atoms with Crippen LogP contribution in [0.2, 0.25) is 5.02 Å². The van der Waals surface area contributed by atoms with Gasteiger partial charge in [0.2, 0.25) is 5.88 Å². The van der Waals surface area contributed by atoms with Crippen LogP contribution in [0.4, 0.5) is 24.8 Å². The molecular weight excluding hydrogens is 659 g/mol. The molecule has 0 amide bonds. The molecule has 1 aromatic carbocycles. The summed E-state index contributed by atoms with van der Waals surface area (Å²) in [7, 11) is 0. The minimum atomic E-state index is -0.945. The Hall–Kier alpha value is -4.43. The molecule has 3 unspecified atom stereocenters. The highest BCUT2D eigenvalue weighted by atomic mass is 35.5. The normalized spacial score (nSPS) is 24.1. The van der Waals surface area contributed by atoms with Crippen molar-refractivity contribution in [2.75, 3.05) is 36.9 Å². The number of aromatic nitrogens is 6. The number of H-pyrrole nitrogens is 1. The van der Waals surface area contributed by atoms with Crippen LogP contribution in [0, 0.1) is 11.6 Å². The number of nitrogen functional groups attached to an aromatic ring is 1. The Labute approximate surface area is 284 Å². The summed E-state index contributed by atoms with van der Waals surface area (Å²) in [6.45, 7) is 5.18. The average molecular weight is 692 g/mol. The fourth-order valence-electron chi connectivity index (χ4n) is 7.97. The summed E-state index contributed by atoms with van der Waals surface area (Å²) in [5.41, 5.74) is 8.16. The van der Waals surface area contributed by atoms with Gasteiger partial charge >= 0.3 is 6.01 Å². The molecule has 4 aliphatic rings. The number of aromatic amines is 1. The van der Waals surface area contributed by atoms with Crippen molar-refractivity contribution in [3.63, 3.8) is 0 Å². The molecule has 254 valence electrons. The van der Waals surface area contributed by atoms with E-state index in [-0.39, 0.29) is 65.3 Å². The molecule has 0 bridgehead atoms. The van der Waals surface area contributed by atoms with Gasteiger partial charge in [-0.15, -0.1) is 0 Å². The van der Waals surface area contributed by atoms with E-state index in [1.807, 2.05) is 18.7 Å². The quantitative estimate of drug-likeness (QED) is 0.201. The predicted octanol–water partition coefficient (Wildman–Crippen LogP) is 6.27. The van der Waals surface area contributed by atoms with Gasteiger partial charge in [0.1, 0.15) is 53.4 Å². The van der Waals surface area contributed by atoms with Crippen molar-refractivity contribution in [1.82, 2.24) is 35.0 Å². The number of halogens is 4. The average Bonchev–Trinajstić information content (AvgIpc) is 3.78. The van der Waals surface area contributed by atoms with Gasteiger partial charge in [-0.3, -0.25) is 10.00 Å². The number of anilines is 2. The zero-order chi connectivity index (χ0) is 33.8. The van der Waals surface area contributed by atoms with E-state index in [4.69, 9.17) is 36.8 Å². The number of ether oxygens (including phenoxy) is 2. The smallest absolute Gasteiger partial charge is 0.319 e. The third-order valence-electron chi connectivity index (χ3n) is 10.6. The monoisotopic (exact) mass is 691 g/mol. The lowest BCUT2D eigenvalue weighted by molar-refractivity contribution is -0.0132. The van der Waals surface area contributed by atoms with Crippen molar-refractivity contribution in [2.45, 2.75) is 69.2 Å². The molecule has 11 nitrogen and oxygen atoms in total. The Kier molecular flexibility index (Phi) is 6.90. The van der Waals surface area contributed by atoms with E-state index in [1.54, 1.807) is 12.3 Å². The first-order valence-corrected chi connectivity index (χ1v) is 16.9. The van der Waals surface area contributed by atoms with Crippen LogP contribution in [0.1, 0.15) is 62.6 Å². The Morgan fingerprint density at radius 2 is 2.04 bits per heavy atom. The molecule has 3 aliphatic heterocycles. The van der Waals surface area contributed by atoms with E-state index in [2.05, 4.69) is 25.1 Å². The van der Waals surface area contributed by atoms with Crippen molar-refractivity contribution < 1.29 is 22.6 Å². The summed E-state index contributed by atoms with van der Waals surface area (Å²) in [6, 6.07) is 2.10. The molecule has 1 aliphatic carbocycles. The molecule has 0 spiro atoms. The maximum atomic E-state index is 17.3. The molecule has 4 atom stereocenters. The fourth-order valence-corrected chi connectivity index (χ4v) is 8.33. The van der Waals surface area contributed by atoms with Gasteiger partial charge in [0.25, 0.3) is 0 Å². The van der Waals surface area contributed by atoms with E-state index in [1.165, 1.54) is 6.07 Å². The molecule has 3 N–H and O–H groups in total. The van der Waals surface area contributed by atoms with E-state index in [0.29, 0.717) is 40.0 Å². The molecule has 49 heavy (non-hydrogen) atoms. The summed E-state index contributed by atoms with van der Waals surface area (Å²) in [5.74, 6) is -0.529. The Morgan fingerprint density at radius 1 is 1.20 bits per heavy atom. The number of fused-ring (bicyclic) bond motifs is 2. The summed E-state index contributed by atoms with van der Waals surface area (Å²) in [6.07, 6.45) is 4.71. The maximum Gasteiger partial charge on any atom is 0.319 e. The molecule has 1 saturated carbocycles. The van der Waals surface area contributed by atoms with Crippen LogP contribution in [0.25, 0.3) is 33.1 Å². The largest absolute Gasteiger partial charge is 0.475 e. The Balaban J connectivity index is 1.26. The Bertz CT molecular complexity index is 2160. The van der Waals surface area contributed by atoms with E-state index < -0.39 is 29.4 Å². The van der Waals surface area contributed by atoms with Crippen molar-refractivity contribution in [3.8, 4) is 23.1 Å². The van der Waals surface area contributed by atoms with Gasteiger partial charge in [0, 0.05) is 41.0 Å². The lowest BCUT2D eigenvalue weighted by atomic mass is 9.86. The maximum absolute atomic E-state index is 17.3. The van der Waals surface area contributed by atoms with Crippen LogP contribution in [-0.2, 0) is 0 Å². The van der Waals surface area contributed by atoms with Crippen LogP contribution >= 0.6 is 11.6 Å². The number of hydrogen-bond acceptors (Lipinski definition) is 10. The molecular formula is C34H33ClF3N9O2. The van der Waals surface area contributed by atoms with Crippen LogP contribution in [0.15, 0.2) is 24.5 Å². The highest BCUT2D eigenvalue weighted by molar-refractivity contribution is 6.33. The Morgan fingerprint density at radius 3 is 2.80 bits per heavy atom. The SMILES string of the molecule is CC(c1cc(F)cnc1N)N1c2nc(OCC34CCN3CC(F)C4)nc3c(F)c(-c4c(C5CC5)c(Cl)cc5[nH]ncc45)nc(c23)OC[C@@H]1C. The van der Waals surface area contributed by atoms with Gasteiger partial charge in [0.05, 0.1) is 35.5 Å². The topological polar surface area (TPSA) is 131 Å². The number of rotatable bonds is 7. The number of nitrogens with two attached hydrogens (primary N) is 1. The lowest BCUT2D eigenvalue weighted by Gasteiger charge is -2.47. The van der Waals surface area contributed by atoms with Gasteiger partial charge in [-0.1, -0.05) is 11.6 Å². The second-order valence-corrected chi connectivity index (χ2v) is 14.2. The van der Waals surface area contributed by atoms with Gasteiger partial charge in [-0.05, 0) is 56.7 Å². The highest BCUT2D eigenvalue weighted by Gasteiger charge is 2.53. The number of pyridine rings is 2. The summed E-state index contributed by atoms with van der Waals surface area (Å²) in [4.78, 5) is 22.3. The number of nitrogens with zero attached hydrogens (tertiary/aromatic N) is 7. The van der Waals surface area contributed by atoms with Crippen LogP contribution < -0.4 is 20.1 Å². The van der Waals surface area contributed by atoms with E-state index >= 15 is 4.39 Å². The van der Waals surface area contributed by atoms with Crippen molar-refractivity contribution in [2.24, 2.45) is 0 Å². The van der Waals surface area contributed by atoms with Crippen molar-refractivity contribution in [3.05, 3.63) is 52.3 Å². The highest BCUT2D eigenvalue weighted by Crippen LogP contribution is 2.52. The second kappa shape index (κ2) is 11.0. The standard InChI is InChI=1S/C34H33ClF3N9O2/c1-15-13-48-32-26-29(27(38)28(42-32)25-21-11-41-45-23(21)8-22(35)24(25)17-3-4-17)43-33(49-14-34-5-6-46(34)12-19(37)9-34)44-31(26)47(15)16(2)20-7-18(36)10-40-30(20)39/h7-8,10-11,15-17,19H,3-6,9,12-14H2,1-2H3,(H2,39,40)(H,41,45)/t15-,16?,19?,34?/m0/s1. The predicted molar refractivity (Wildman–Crippen MR) is 178 cm³/mol. The third kappa shape index (κ3) is 4.78. The molecule has 3 fully saturated rings. The first-order valence-electron chi connectivity index (χ1n) is 16.5. The number of nitrogens with one attached hydrogen (secondary N) is 1. The first-order chi connectivity index (χ1) is 23.6. The van der Waals surface area contributed by atoms with Crippen LogP contribution in [0.3, 0.4) is 0 Å². The van der Waals surface area contributed by atoms with E-state index in [9.17, 15) is 8.78 Å². The van der Waals surface area contributed by atoms with Crippen molar-refractivity contribution >= 4 is 45.0 Å². The van der Waals surface area contributed by atoms with Gasteiger partial charge in [-0.2, -0.15) is 15.1 Å². The third-order valence-corrected chi connectivity index (χ3v) is 11.0. The van der Waals surface area contributed by atoms with Crippen LogP contribution in [-0.4, -0.2) is 79.1 Å². The van der Waals surface area contributed by atoms with Gasteiger partial charge in [-0.25, -0.2) is 23.1 Å². The number of hydrogen-bond donors (Lipinski definition) is 2. The van der Waals surface area contributed by atoms with Gasteiger partial charge in [0.15, 0.2) is 5.82 Å². The van der Waals surface area contributed by atoms with Gasteiger partial charge < -0.3 is 20.1 Å². The first kappa shape index (κ1) is 30.6. The zero-order valence-electron chi connectivity index (χ0n) is 26.8. The molecule has 9 rings (SSSR count). The fraction of sp³-hybridized carbons (Fsp3) is 0.441. The molecule has 0 radical (unpaired) electrons. The zero-order valence-corrected chi connectivity index (χ0v) is 27.6. The van der Waals surface area contributed by atoms with Crippen LogP contribution in [0.5, 0.6) is 11.9 Å². The molecule has 7 heterocycles. The summed E-state index contributed by atoms with van der Waals surface area (Å²) in [5, 5.41) is 8.57. The van der Waals surface area contributed by atoms with Crippen molar-refractivity contribution in [1.29, 1.82) is 0 Å². The van der Waals surface area contributed by atoms with E-state index in [0.717, 1.165) is 37.6 Å². The number of benzene rings is 1. The summed E-state index contributed by atoms with van der Waals surface area (Å²) >= 11 is 6.83.